The van der Waals surface area contributed by atoms with E-state index in [-0.39, 0.29) is 17.8 Å². The first-order valence-electron chi connectivity index (χ1n) is 5.95. The molecule has 1 aromatic carbocycles. The Kier molecular flexibility index (Phi) is 4.57. The molecule has 1 fully saturated rings. The van der Waals surface area contributed by atoms with E-state index in [2.05, 4.69) is 5.32 Å². The molecule has 0 aromatic heterocycles. The van der Waals surface area contributed by atoms with Gasteiger partial charge in [-0.2, -0.15) is 0 Å². The van der Waals surface area contributed by atoms with E-state index < -0.39 is 4.92 Å². The third kappa shape index (κ3) is 3.44. The molecule has 6 heteroatoms. The van der Waals surface area contributed by atoms with Crippen molar-refractivity contribution in [3.8, 4) is 0 Å². The quantitative estimate of drug-likeness (QED) is 0.484. The highest BCUT2D eigenvalue weighted by atomic mass is 32.2. The number of nitro benzene ring substituents is 1. The van der Waals surface area contributed by atoms with E-state index in [4.69, 9.17) is 0 Å². The smallest absolute Gasteiger partial charge is 0.269 e. The number of benzene rings is 1. The zero-order valence-electron chi connectivity index (χ0n) is 9.91. The van der Waals surface area contributed by atoms with Gasteiger partial charge in [0.05, 0.1) is 11.0 Å². The molecule has 1 heterocycles. The van der Waals surface area contributed by atoms with Crippen LogP contribution in [-0.4, -0.2) is 34.5 Å². The van der Waals surface area contributed by atoms with Crippen molar-refractivity contribution < 1.29 is 10.0 Å². The lowest BCUT2D eigenvalue weighted by Gasteiger charge is -2.17. The van der Waals surface area contributed by atoms with Crippen molar-refractivity contribution in [2.24, 2.45) is 0 Å². The molecule has 1 aliphatic heterocycles. The fraction of sp³-hybridized carbons (Fsp3) is 0.500. The Balaban J connectivity index is 1.84. The number of nitrogens with one attached hydrogen (secondary N) is 1. The van der Waals surface area contributed by atoms with Crippen LogP contribution in [0.25, 0.3) is 0 Å². The summed E-state index contributed by atoms with van der Waals surface area (Å²) in [6.07, 6.45) is 1.76. The number of aliphatic hydroxyl groups excluding tert-OH is 1. The van der Waals surface area contributed by atoms with Crippen LogP contribution in [0.1, 0.15) is 12.8 Å². The second-order valence-corrected chi connectivity index (χ2v) is 5.43. The summed E-state index contributed by atoms with van der Waals surface area (Å²) in [6.45, 7) is 0.976. The third-order valence-electron chi connectivity index (χ3n) is 3.03. The lowest BCUT2D eigenvalue weighted by Crippen LogP contribution is -2.36. The predicted octanol–water partition coefficient (Wildman–Crippen LogP) is 1.80. The van der Waals surface area contributed by atoms with E-state index >= 15 is 0 Å². The fourth-order valence-corrected chi connectivity index (χ4v) is 2.93. The Morgan fingerprint density at radius 2 is 2.22 bits per heavy atom. The first kappa shape index (κ1) is 13.3. The molecule has 1 aliphatic rings. The molecule has 18 heavy (non-hydrogen) atoms. The summed E-state index contributed by atoms with van der Waals surface area (Å²) in [5.74, 6) is 0.607. The highest BCUT2D eigenvalue weighted by Gasteiger charge is 2.22. The Hall–Kier alpha value is -1.11. The maximum atomic E-state index is 10.5. The first-order chi connectivity index (χ1) is 8.66. The van der Waals surface area contributed by atoms with E-state index in [0.717, 1.165) is 24.3 Å². The molecule has 98 valence electrons. The summed E-state index contributed by atoms with van der Waals surface area (Å²) in [5.41, 5.74) is 0.0948. The van der Waals surface area contributed by atoms with Gasteiger partial charge in [-0.25, -0.2) is 0 Å². The molecule has 5 nitrogen and oxygen atoms in total. The van der Waals surface area contributed by atoms with Gasteiger partial charge in [0.2, 0.25) is 0 Å². The minimum Gasteiger partial charge on any atom is -0.391 e. The van der Waals surface area contributed by atoms with Crippen LogP contribution >= 0.6 is 11.8 Å². The Morgan fingerprint density at radius 1 is 1.50 bits per heavy atom. The number of aliphatic hydroxyl groups is 1. The standard InChI is InChI=1S/C12H16N2O3S/c15-12(11-2-1-7-13-11)8-18-10-5-3-9(4-6-10)14(16)17/h3-6,11-13,15H,1-2,7-8H2. The van der Waals surface area contributed by atoms with Crippen LogP contribution in [0.4, 0.5) is 5.69 Å². The van der Waals surface area contributed by atoms with E-state index in [1.807, 2.05) is 0 Å². The molecule has 0 spiro atoms. The molecule has 1 aromatic rings. The van der Waals surface area contributed by atoms with Crippen LogP contribution in [0, 0.1) is 10.1 Å². The minimum atomic E-state index is -0.411. The van der Waals surface area contributed by atoms with Crippen molar-refractivity contribution >= 4 is 17.4 Å². The van der Waals surface area contributed by atoms with Gasteiger partial charge in [0.1, 0.15) is 0 Å². The lowest BCUT2D eigenvalue weighted by atomic mass is 10.1. The largest absolute Gasteiger partial charge is 0.391 e. The van der Waals surface area contributed by atoms with Gasteiger partial charge in [0, 0.05) is 28.8 Å². The number of nitro groups is 1. The van der Waals surface area contributed by atoms with Crippen LogP contribution in [0.5, 0.6) is 0 Å². The minimum absolute atomic E-state index is 0.0948. The second kappa shape index (κ2) is 6.17. The number of non-ortho nitro benzene ring substituents is 1. The summed E-state index contributed by atoms with van der Waals surface area (Å²) in [7, 11) is 0. The number of nitrogens with zero attached hydrogens (tertiary/aromatic N) is 1. The zero-order chi connectivity index (χ0) is 13.0. The van der Waals surface area contributed by atoms with Gasteiger partial charge < -0.3 is 10.4 Å². The van der Waals surface area contributed by atoms with Crippen molar-refractivity contribution in [1.29, 1.82) is 0 Å². The number of hydrogen-bond donors (Lipinski definition) is 2. The Morgan fingerprint density at radius 3 is 2.78 bits per heavy atom. The molecule has 2 N–H and O–H groups in total. The van der Waals surface area contributed by atoms with Gasteiger partial charge in [-0.15, -0.1) is 11.8 Å². The Bertz CT molecular complexity index is 404. The van der Waals surface area contributed by atoms with Crippen molar-refractivity contribution in [3.63, 3.8) is 0 Å². The van der Waals surface area contributed by atoms with Crippen LogP contribution in [0.2, 0.25) is 0 Å². The van der Waals surface area contributed by atoms with Crippen molar-refractivity contribution in [2.45, 2.75) is 29.9 Å². The van der Waals surface area contributed by atoms with Gasteiger partial charge in [0.15, 0.2) is 0 Å². The highest BCUT2D eigenvalue weighted by Crippen LogP contribution is 2.23. The number of hydrogen-bond acceptors (Lipinski definition) is 5. The fourth-order valence-electron chi connectivity index (χ4n) is 2.00. The third-order valence-corrected chi connectivity index (χ3v) is 4.14. The maximum Gasteiger partial charge on any atom is 0.269 e. The molecule has 2 rings (SSSR count). The monoisotopic (exact) mass is 268 g/mol. The van der Waals surface area contributed by atoms with E-state index in [1.54, 1.807) is 12.1 Å². The van der Waals surface area contributed by atoms with Crippen molar-refractivity contribution in [1.82, 2.24) is 5.32 Å². The average molecular weight is 268 g/mol. The summed E-state index contributed by atoms with van der Waals surface area (Å²) in [5, 5.41) is 23.7. The van der Waals surface area contributed by atoms with Crippen LogP contribution in [0.3, 0.4) is 0 Å². The Labute approximate surface area is 110 Å². The van der Waals surface area contributed by atoms with Gasteiger partial charge in [-0.1, -0.05) is 0 Å². The van der Waals surface area contributed by atoms with Crippen molar-refractivity contribution in [2.75, 3.05) is 12.3 Å². The topological polar surface area (TPSA) is 75.4 Å². The molecule has 2 unspecified atom stereocenters. The van der Waals surface area contributed by atoms with E-state index in [1.165, 1.54) is 23.9 Å². The summed E-state index contributed by atoms with van der Waals surface area (Å²) >= 11 is 1.52. The van der Waals surface area contributed by atoms with E-state index in [0.29, 0.717) is 5.75 Å². The van der Waals surface area contributed by atoms with Gasteiger partial charge in [0.25, 0.3) is 5.69 Å². The zero-order valence-corrected chi connectivity index (χ0v) is 10.7. The van der Waals surface area contributed by atoms with Gasteiger partial charge in [-0.3, -0.25) is 10.1 Å². The van der Waals surface area contributed by atoms with Crippen LogP contribution in [0.15, 0.2) is 29.2 Å². The SMILES string of the molecule is O=[N+]([O-])c1ccc(SCC(O)C2CCCN2)cc1. The van der Waals surface area contributed by atoms with Gasteiger partial charge in [-0.05, 0) is 31.5 Å². The molecule has 0 amide bonds. The molecular formula is C12H16N2O3S. The van der Waals surface area contributed by atoms with E-state index in [9.17, 15) is 15.2 Å². The summed E-state index contributed by atoms with van der Waals surface area (Å²) in [4.78, 5) is 11.0. The number of rotatable bonds is 5. The molecule has 0 bridgehead atoms. The summed E-state index contributed by atoms with van der Waals surface area (Å²) in [6, 6.07) is 6.61. The van der Waals surface area contributed by atoms with Gasteiger partial charge >= 0.3 is 0 Å². The van der Waals surface area contributed by atoms with Crippen LogP contribution in [-0.2, 0) is 0 Å². The molecular weight excluding hydrogens is 252 g/mol. The molecule has 0 saturated carbocycles. The number of thioether (sulfide) groups is 1. The second-order valence-electron chi connectivity index (χ2n) is 4.33. The average Bonchev–Trinajstić information content (AvgIpc) is 2.90. The normalized spacial score (nSPS) is 20.8. The molecule has 0 aliphatic carbocycles. The summed E-state index contributed by atoms with van der Waals surface area (Å²) < 4.78 is 0. The predicted molar refractivity (Wildman–Crippen MR) is 70.9 cm³/mol. The highest BCUT2D eigenvalue weighted by molar-refractivity contribution is 7.99. The molecule has 2 atom stereocenters. The first-order valence-corrected chi connectivity index (χ1v) is 6.94. The van der Waals surface area contributed by atoms with Crippen LogP contribution < -0.4 is 5.32 Å². The maximum absolute atomic E-state index is 10.5. The molecule has 1 saturated heterocycles. The lowest BCUT2D eigenvalue weighted by molar-refractivity contribution is -0.384. The van der Waals surface area contributed by atoms with Crippen molar-refractivity contribution in [3.05, 3.63) is 34.4 Å². The molecule has 0 radical (unpaired) electrons.